The molecular formula is C32H48N4O5Si2. The minimum atomic E-state index is -2.79. The molecule has 2 aromatic heterocycles. The lowest BCUT2D eigenvalue weighted by atomic mass is 10.1. The van der Waals surface area contributed by atoms with Crippen LogP contribution in [0.1, 0.15) is 78.9 Å². The molecule has 0 radical (unpaired) electrons. The molecule has 1 amide bonds. The highest BCUT2D eigenvalue weighted by Crippen LogP contribution is 2.56. The van der Waals surface area contributed by atoms with E-state index >= 15 is 0 Å². The van der Waals surface area contributed by atoms with Crippen LogP contribution in [0, 0.1) is 0 Å². The van der Waals surface area contributed by atoms with Crippen LogP contribution in [0.4, 0.5) is 5.82 Å². The summed E-state index contributed by atoms with van der Waals surface area (Å²) in [5.41, 5.74) is 1.93. The van der Waals surface area contributed by atoms with E-state index in [-0.39, 0.29) is 39.3 Å². The molecule has 2 aliphatic rings. The van der Waals surface area contributed by atoms with Gasteiger partial charge >= 0.3 is 8.56 Å². The zero-order valence-corrected chi connectivity index (χ0v) is 29.5. The lowest BCUT2D eigenvalue weighted by Gasteiger charge is -2.54. The van der Waals surface area contributed by atoms with E-state index in [1.165, 1.54) is 0 Å². The monoisotopic (exact) mass is 624 g/mol. The molecule has 0 saturated carbocycles. The number of fused-ring (bicyclic) bond motifs is 2. The van der Waals surface area contributed by atoms with Crippen LogP contribution in [0.2, 0.25) is 28.2 Å². The zero-order valence-electron chi connectivity index (χ0n) is 27.5. The average Bonchev–Trinajstić information content (AvgIpc) is 3.48. The average molecular weight is 625 g/mol. The Labute approximate surface area is 258 Å². The SMILES string of the molecule is CC(C)(C)[Si](C)(C)O[C@@H]1[C@@H]2O[Si](C(C)(C)C)(C(C)(C)C)OC[C@H]2O[C@H]1n1cnc2c(NC(=O)c3ccccc3)nccc21. The van der Waals surface area contributed by atoms with E-state index in [1.54, 1.807) is 24.7 Å². The van der Waals surface area contributed by atoms with Gasteiger partial charge in [0, 0.05) is 21.8 Å². The Morgan fingerprint density at radius 3 is 2.26 bits per heavy atom. The molecule has 9 nitrogen and oxygen atoms in total. The maximum atomic E-state index is 13.0. The third-order valence-electron chi connectivity index (χ3n) is 9.28. The predicted molar refractivity (Wildman–Crippen MR) is 174 cm³/mol. The number of ether oxygens (including phenoxy) is 1. The van der Waals surface area contributed by atoms with Gasteiger partial charge in [0.15, 0.2) is 20.4 Å². The Hall–Kier alpha value is -2.42. The van der Waals surface area contributed by atoms with Crippen molar-refractivity contribution in [1.82, 2.24) is 14.5 Å². The van der Waals surface area contributed by atoms with Gasteiger partial charge in [-0.1, -0.05) is 80.5 Å². The Balaban J connectivity index is 1.55. The van der Waals surface area contributed by atoms with Gasteiger partial charge in [-0.05, 0) is 36.3 Å². The minimum absolute atomic E-state index is 0.0147. The van der Waals surface area contributed by atoms with Crippen molar-refractivity contribution in [2.75, 3.05) is 11.9 Å². The van der Waals surface area contributed by atoms with Gasteiger partial charge in [-0.15, -0.1) is 0 Å². The summed E-state index contributed by atoms with van der Waals surface area (Å²) < 4.78 is 30.0. The number of hydrogen-bond donors (Lipinski definition) is 1. The molecular weight excluding hydrogens is 577 g/mol. The maximum Gasteiger partial charge on any atom is 0.349 e. The molecule has 2 fully saturated rings. The van der Waals surface area contributed by atoms with Crippen LogP contribution in [0.3, 0.4) is 0 Å². The van der Waals surface area contributed by atoms with Gasteiger partial charge in [0.05, 0.1) is 18.5 Å². The van der Waals surface area contributed by atoms with Crippen molar-refractivity contribution in [2.24, 2.45) is 0 Å². The normalized spacial score (nSPS) is 24.6. The summed E-state index contributed by atoms with van der Waals surface area (Å²) in [6.07, 6.45) is 1.98. The fourth-order valence-electron chi connectivity index (χ4n) is 6.21. The van der Waals surface area contributed by atoms with Crippen LogP contribution in [-0.4, -0.2) is 62.2 Å². The highest BCUT2D eigenvalue weighted by molar-refractivity contribution is 6.74. The second-order valence-corrected chi connectivity index (χ2v) is 24.9. The van der Waals surface area contributed by atoms with Crippen LogP contribution >= 0.6 is 0 Å². The number of anilines is 1. The number of benzene rings is 1. The topological polar surface area (TPSA) is 96.7 Å². The molecule has 2 saturated heterocycles. The van der Waals surface area contributed by atoms with E-state index in [9.17, 15) is 4.79 Å². The highest BCUT2D eigenvalue weighted by atomic mass is 28.4. The van der Waals surface area contributed by atoms with E-state index in [4.69, 9.17) is 23.0 Å². The molecule has 3 aromatic rings. The van der Waals surface area contributed by atoms with Crippen LogP contribution in [0.15, 0.2) is 48.9 Å². The predicted octanol–water partition coefficient (Wildman–Crippen LogP) is 7.43. The van der Waals surface area contributed by atoms with E-state index in [2.05, 4.69) is 85.7 Å². The van der Waals surface area contributed by atoms with Gasteiger partial charge in [0.2, 0.25) is 0 Å². The second kappa shape index (κ2) is 10.9. The van der Waals surface area contributed by atoms with Crippen molar-refractivity contribution in [2.45, 2.75) is 115 Å². The number of rotatable bonds is 5. The van der Waals surface area contributed by atoms with E-state index in [0.29, 0.717) is 23.5 Å². The maximum absolute atomic E-state index is 13.0. The molecule has 43 heavy (non-hydrogen) atoms. The van der Waals surface area contributed by atoms with Crippen LogP contribution in [0.5, 0.6) is 0 Å². The van der Waals surface area contributed by atoms with Gasteiger partial charge in [0.25, 0.3) is 5.91 Å². The summed E-state index contributed by atoms with van der Waals surface area (Å²) in [5, 5.41) is 2.58. The minimum Gasteiger partial charge on any atom is -0.407 e. The van der Waals surface area contributed by atoms with Gasteiger partial charge in [-0.2, -0.15) is 0 Å². The number of imidazole rings is 1. The van der Waals surface area contributed by atoms with Crippen LogP contribution in [-0.2, 0) is 18.0 Å². The smallest absolute Gasteiger partial charge is 0.349 e. The van der Waals surface area contributed by atoms with Gasteiger partial charge in [-0.3, -0.25) is 4.79 Å². The van der Waals surface area contributed by atoms with Crippen molar-refractivity contribution in [1.29, 1.82) is 0 Å². The van der Waals surface area contributed by atoms with E-state index < -0.39 is 23.1 Å². The molecule has 0 aliphatic carbocycles. The van der Waals surface area contributed by atoms with E-state index in [1.807, 2.05) is 28.8 Å². The second-order valence-electron chi connectivity index (χ2n) is 15.4. The summed E-state index contributed by atoms with van der Waals surface area (Å²) in [4.78, 5) is 22.1. The lowest BCUT2D eigenvalue weighted by molar-refractivity contribution is -0.0794. The molecule has 2 aliphatic heterocycles. The largest absolute Gasteiger partial charge is 0.407 e. The fraction of sp³-hybridized carbons (Fsp3) is 0.594. The van der Waals surface area contributed by atoms with Crippen molar-refractivity contribution in [3.05, 3.63) is 54.5 Å². The van der Waals surface area contributed by atoms with Crippen molar-refractivity contribution < 1.29 is 22.8 Å². The highest BCUT2D eigenvalue weighted by Gasteiger charge is 2.65. The molecule has 0 bridgehead atoms. The molecule has 11 heteroatoms. The van der Waals surface area contributed by atoms with Crippen molar-refractivity contribution in [3.63, 3.8) is 0 Å². The molecule has 4 heterocycles. The summed E-state index contributed by atoms with van der Waals surface area (Å²) in [6, 6.07) is 11.0. The first kappa shape index (κ1) is 32.0. The first-order chi connectivity index (χ1) is 19.9. The number of amides is 1. The number of aromatic nitrogens is 3. The number of nitrogens with one attached hydrogen (secondary N) is 1. The molecule has 0 unspecified atom stereocenters. The Kier molecular flexibility index (Phi) is 8.10. The molecule has 4 atom stereocenters. The molecule has 5 rings (SSSR count). The van der Waals surface area contributed by atoms with Gasteiger partial charge in [0.1, 0.15) is 23.8 Å². The number of carbonyl (C=O) groups excluding carboxylic acids is 1. The fourth-order valence-corrected chi connectivity index (χ4v) is 12.5. The summed E-state index contributed by atoms with van der Waals surface area (Å²) in [7, 11) is -5.05. The quantitative estimate of drug-likeness (QED) is 0.295. The lowest BCUT2D eigenvalue weighted by Crippen LogP contribution is -2.66. The third kappa shape index (κ3) is 5.64. The Morgan fingerprint density at radius 2 is 1.65 bits per heavy atom. The number of hydrogen-bond acceptors (Lipinski definition) is 7. The van der Waals surface area contributed by atoms with Crippen LogP contribution in [0.25, 0.3) is 11.0 Å². The zero-order chi connectivity index (χ0) is 31.6. The number of pyridine rings is 1. The molecule has 0 spiro atoms. The van der Waals surface area contributed by atoms with Gasteiger partial charge in [-0.25, -0.2) is 9.97 Å². The van der Waals surface area contributed by atoms with E-state index in [0.717, 1.165) is 5.52 Å². The Morgan fingerprint density at radius 1 is 1.00 bits per heavy atom. The summed E-state index contributed by atoms with van der Waals surface area (Å²) >= 11 is 0. The number of carbonyl (C=O) groups is 1. The molecule has 1 N–H and O–H groups in total. The third-order valence-corrected chi connectivity index (χ3v) is 18.9. The van der Waals surface area contributed by atoms with Gasteiger partial charge < -0.3 is 27.9 Å². The molecule has 234 valence electrons. The number of nitrogens with zero attached hydrogens (tertiary/aromatic N) is 3. The van der Waals surface area contributed by atoms with Crippen LogP contribution < -0.4 is 5.32 Å². The summed E-state index contributed by atoms with van der Waals surface area (Å²) in [6.45, 7) is 25.1. The first-order valence-corrected chi connectivity index (χ1v) is 19.9. The standard InChI is InChI=1S/C32H48N4O5Si2/c1-30(2,3)42(10,11)40-26-25-23(19-38-43(41-25,31(4,5)6)32(7,8)9)39-29(26)36-20-34-24-22(36)17-18-33-27(24)35-28(37)21-15-13-12-14-16-21/h12-18,20,23,25-26,29H,19H2,1-11H3,(H,33,35,37)/t23-,25-,26-,29-/m1/s1. The molecule has 1 aromatic carbocycles. The summed E-state index contributed by atoms with van der Waals surface area (Å²) in [5.74, 6) is 0.155. The van der Waals surface area contributed by atoms with Crippen molar-refractivity contribution in [3.8, 4) is 0 Å². The Bertz CT molecular complexity index is 1460. The first-order valence-electron chi connectivity index (χ1n) is 15.2. The van der Waals surface area contributed by atoms with Crippen molar-refractivity contribution >= 4 is 39.6 Å².